The summed E-state index contributed by atoms with van der Waals surface area (Å²) in [5, 5.41) is 0. The lowest BCUT2D eigenvalue weighted by atomic mass is 10.1. The average molecular weight is 371 g/mol. The highest BCUT2D eigenvalue weighted by Crippen LogP contribution is 2.23. The van der Waals surface area contributed by atoms with E-state index in [1.54, 1.807) is 0 Å². The van der Waals surface area contributed by atoms with Crippen molar-refractivity contribution in [1.29, 1.82) is 0 Å². The molecule has 2 rings (SSSR count). The first-order valence-electron chi connectivity index (χ1n) is 10.4. The summed E-state index contributed by atoms with van der Waals surface area (Å²) in [6.45, 7) is 4.51. The molecule has 0 radical (unpaired) electrons. The molecule has 3 heteroatoms. The van der Waals surface area contributed by atoms with Gasteiger partial charge in [0.15, 0.2) is 5.82 Å². The van der Waals surface area contributed by atoms with Crippen LogP contribution in [-0.4, -0.2) is 15.7 Å². The summed E-state index contributed by atoms with van der Waals surface area (Å²) in [5.74, 6) is 2.04. The Morgan fingerprint density at radius 2 is 1.35 bits per heavy atom. The van der Waals surface area contributed by atoms with E-state index in [1.165, 1.54) is 74.0 Å². The van der Waals surface area contributed by atoms with Crippen LogP contribution in [0.15, 0.2) is 41.6 Å². The number of aryl methyl sites for hydroxylation is 1. The van der Waals surface area contributed by atoms with Crippen molar-refractivity contribution >= 4 is 11.8 Å². The number of rotatable bonds is 13. The van der Waals surface area contributed by atoms with Crippen LogP contribution in [-0.2, 0) is 6.42 Å². The molecule has 0 spiro atoms. The Morgan fingerprint density at radius 1 is 0.731 bits per heavy atom. The molecule has 1 heterocycles. The SMILES string of the molecule is CCCCCCCc1cnc(-c2ccc(SCCCCCC)cc2)nc1. The largest absolute Gasteiger partial charge is 0.236 e. The Morgan fingerprint density at radius 3 is 2.00 bits per heavy atom. The Hall–Kier alpha value is -1.35. The minimum atomic E-state index is 0.833. The lowest BCUT2D eigenvalue weighted by molar-refractivity contribution is 0.631. The first kappa shape index (κ1) is 21.0. The molecular weight excluding hydrogens is 336 g/mol. The predicted molar refractivity (Wildman–Crippen MR) is 115 cm³/mol. The molecule has 0 fully saturated rings. The molecular formula is C23H34N2S. The second-order valence-electron chi connectivity index (χ2n) is 7.01. The van der Waals surface area contributed by atoms with Crippen LogP contribution in [0, 0.1) is 0 Å². The van der Waals surface area contributed by atoms with E-state index in [0.29, 0.717) is 0 Å². The van der Waals surface area contributed by atoms with Crippen molar-refractivity contribution in [2.45, 2.75) is 83.0 Å². The summed E-state index contributed by atoms with van der Waals surface area (Å²) < 4.78 is 0. The van der Waals surface area contributed by atoms with Crippen LogP contribution in [0.25, 0.3) is 11.4 Å². The van der Waals surface area contributed by atoms with Gasteiger partial charge in [0.2, 0.25) is 0 Å². The Balaban J connectivity index is 1.77. The lowest BCUT2D eigenvalue weighted by Crippen LogP contribution is -1.93. The standard InChI is InChI=1S/C23H34N2S/c1-3-5-7-9-10-12-20-18-24-23(25-19-20)21-13-15-22(16-14-21)26-17-11-8-6-4-2/h13-16,18-19H,3-12,17H2,1-2H3. The molecule has 2 nitrogen and oxygen atoms in total. The van der Waals surface area contributed by atoms with Crippen molar-refractivity contribution in [2.24, 2.45) is 0 Å². The number of hydrogen-bond donors (Lipinski definition) is 0. The van der Waals surface area contributed by atoms with Gasteiger partial charge in [-0.05, 0) is 42.7 Å². The fraction of sp³-hybridized carbons (Fsp3) is 0.565. The molecule has 2 aromatic rings. The summed E-state index contributed by atoms with van der Waals surface area (Å²) in [6, 6.07) is 8.69. The number of nitrogens with zero attached hydrogens (tertiary/aromatic N) is 2. The van der Waals surface area contributed by atoms with Crippen LogP contribution >= 0.6 is 11.8 Å². The summed E-state index contributed by atoms with van der Waals surface area (Å²) in [5.41, 5.74) is 2.36. The topological polar surface area (TPSA) is 25.8 Å². The van der Waals surface area contributed by atoms with Gasteiger partial charge < -0.3 is 0 Å². The highest BCUT2D eigenvalue weighted by atomic mass is 32.2. The summed E-state index contributed by atoms with van der Waals surface area (Å²) in [6.07, 6.45) is 17.0. The monoisotopic (exact) mass is 370 g/mol. The van der Waals surface area contributed by atoms with Crippen LogP contribution in [0.2, 0.25) is 0 Å². The molecule has 0 atom stereocenters. The fourth-order valence-corrected chi connectivity index (χ4v) is 3.90. The summed E-state index contributed by atoms with van der Waals surface area (Å²) in [7, 11) is 0. The third kappa shape index (κ3) is 7.90. The van der Waals surface area contributed by atoms with E-state index in [2.05, 4.69) is 48.1 Å². The van der Waals surface area contributed by atoms with Crippen molar-refractivity contribution in [3.8, 4) is 11.4 Å². The van der Waals surface area contributed by atoms with Gasteiger partial charge in [-0.3, -0.25) is 0 Å². The first-order chi connectivity index (χ1) is 12.8. The molecule has 0 aliphatic carbocycles. The van der Waals surface area contributed by atoms with Gasteiger partial charge in [-0.25, -0.2) is 9.97 Å². The van der Waals surface area contributed by atoms with Crippen molar-refractivity contribution in [3.63, 3.8) is 0 Å². The van der Waals surface area contributed by atoms with Gasteiger partial charge in [0.05, 0.1) is 0 Å². The van der Waals surface area contributed by atoms with E-state index in [9.17, 15) is 0 Å². The van der Waals surface area contributed by atoms with Crippen molar-refractivity contribution < 1.29 is 0 Å². The van der Waals surface area contributed by atoms with Gasteiger partial charge in [0.1, 0.15) is 0 Å². The molecule has 0 saturated carbocycles. The highest BCUT2D eigenvalue weighted by molar-refractivity contribution is 7.99. The van der Waals surface area contributed by atoms with Crippen LogP contribution in [0.5, 0.6) is 0 Å². The molecule has 0 bridgehead atoms. The van der Waals surface area contributed by atoms with Gasteiger partial charge >= 0.3 is 0 Å². The second kappa shape index (κ2) is 12.9. The fourth-order valence-electron chi connectivity index (χ4n) is 2.98. The van der Waals surface area contributed by atoms with Crippen molar-refractivity contribution in [2.75, 3.05) is 5.75 Å². The predicted octanol–water partition coefficient (Wildman–Crippen LogP) is 7.33. The third-order valence-electron chi connectivity index (χ3n) is 4.65. The second-order valence-corrected chi connectivity index (χ2v) is 8.18. The minimum absolute atomic E-state index is 0.833. The minimum Gasteiger partial charge on any atom is -0.236 e. The molecule has 0 aliphatic heterocycles. The molecule has 1 aromatic carbocycles. The lowest BCUT2D eigenvalue weighted by Gasteiger charge is -2.05. The zero-order valence-electron chi connectivity index (χ0n) is 16.5. The number of thioether (sulfide) groups is 1. The number of hydrogen-bond acceptors (Lipinski definition) is 3. The molecule has 0 aliphatic rings. The van der Waals surface area contributed by atoms with Crippen LogP contribution in [0.1, 0.15) is 77.2 Å². The maximum atomic E-state index is 4.57. The van der Waals surface area contributed by atoms with E-state index in [-0.39, 0.29) is 0 Å². The van der Waals surface area contributed by atoms with E-state index >= 15 is 0 Å². The van der Waals surface area contributed by atoms with Gasteiger partial charge in [-0.2, -0.15) is 0 Å². The maximum Gasteiger partial charge on any atom is 0.159 e. The first-order valence-corrected chi connectivity index (χ1v) is 11.4. The zero-order valence-corrected chi connectivity index (χ0v) is 17.4. The van der Waals surface area contributed by atoms with Gasteiger partial charge in [-0.1, -0.05) is 70.9 Å². The van der Waals surface area contributed by atoms with Gasteiger partial charge in [0.25, 0.3) is 0 Å². The molecule has 26 heavy (non-hydrogen) atoms. The smallest absolute Gasteiger partial charge is 0.159 e. The van der Waals surface area contributed by atoms with Crippen LogP contribution in [0.4, 0.5) is 0 Å². The van der Waals surface area contributed by atoms with E-state index in [1.807, 2.05) is 24.2 Å². The van der Waals surface area contributed by atoms with Gasteiger partial charge in [-0.15, -0.1) is 11.8 Å². The number of aromatic nitrogens is 2. The van der Waals surface area contributed by atoms with Crippen molar-refractivity contribution in [3.05, 3.63) is 42.2 Å². The highest BCUT2D eigenvalue weighted by Gasteiger charge is 2.03. The zero-order chi connectivity index (χ0) is 18.5. The quantitative estimate of drug-likeness (QED) is 0.273. The van der Waals surface area contributed by atoms with E-state index in [4.69, 9.17) is 0 Å². The maximum absolute atomic E-state index is 4.57. The van der Waals surface area contributed by atoms with Crippen LogP contribution in [0.3, 0.4) is 0 Å². The molecule has 1 aromatic heterocycles. The van der Waals surface area contributed by atoms with Crippen molar-refractivity contribution in [1.82, 2.24) is 9.97 Å². The summed E-state index contributed by atoms with van der Waals surface area (Å²) >= 11 is 1.95. The van der Waals surface area contributed by atoms with Crippen LogP contribution < -0.4 is 0 Å². The van der Waals surface area contributed by atoms with E-state index in [0.717, 1.165) is 17.8 Å². The summed E-state index contributed by atoms with van der Waals surface area (Å²) in [4.78, 5) is 10.5. The molecule has 0 amide bonds. The number of benzene rings is 1. The number of unbranched alkanes of at least 4 members (excludes halogenated alkanes) is 7. The van der Waals surface area contributed by atoms with Gasteiger partial charge in [0, 0.05) is 22.9 Å². The Labute approximate surface area is 164 Å². The van der Waals surface area contributed by atoms with E-state index < -0.39 is 0 Å². The average Bonchev–Trinajstić information content (AvgIpc) is 2.69. The third-order valence-corrected chi connectivity index (χ3v) is 5.75. The molecule has 0 N–H and O–H groups in total. The molecule has 0 unspecified atom stereocenters. The molecule has 142 valence electrons. The normalized spacial score (nSPS) is 11.0. The molecule has 0 saturated heterocycles. The Kier molecular flexibility index (Phi) is 10.4. The Bertz CT molecular complexity index is 537.